The van der Waals surface area contributed by atoms with Gasteiger partial charge in [-0.1, -0.05) is 12.1 Å². The number of carbonyl (C=O) groups is 1. The lowest BCUT2D eigenvalue weighted by molar-refractivity contribution is -0.127. The highest BCUT2D eigenvalue weighted by atomic mass is 16.5. The van der Waals surface area contributed by atoms with Crippen LogP contribution in [0.15, 0.2) is 42.6 Å². The van der Waals surface area contributed by atoms with E-state index in [1.807, 2.05) is 48.5 Å². The summed E-state index contributed by atoms with van der Waals surface area (Å²) >= 11 is 0. The first-order valence-corrected chi connectivity index (χ1v) is 6.78. The zero-order valence-electron chi connectivity index (χ0n) is 11.7. The van der Waals surface area contributed by atoms with E-state index in [-0.39, 0.29) is 11.9 Å². The molecule has 1 unspecified atom stereocenters. The Labute approximate surface area is 118 Å². The number of aromatic nitrogens is 1. The van der Waals surface area contributed by atoms with E-state index in [4.69, 9.17) is 4.74 Å². The number of likely N-dealkylation sites (tertiary alicyclic amines) is 1. The number of carbonyl (C=O) groups excluding carboxylic acids is 1. The Hall–Kier alpha value is -2.23. The van der Waals surface area contributed by atoms with E-state index >= 15 is 0 Å². The fraction of sp³-hybridized carbons (Fsp3) is 0.312. The molecule has 0 N–H and O–H groups in total. The van der Waals surface area contributed by atoms with Crippen molar-refractivity contribution < 1.29 is 9.53 Å². The molecule has 1 fully saturated rings. The summed E-state index contributed by atoms with van der Waals surface area (Å²) in [6.45, 7) is 0. The summed E-state index contributed by atoms with van der Waals surface area (Å²) in [5.41, 5.74) is 2.13. The molecule has 1 amide bonds. The minimum Gasteiger partial charge on any atom is -0.495 e. The van der Waals surface area contributed by atoms with Gasteiger partial charge in [-0.05, 0) is 30.7 Å². The van der Waals surface area contributed by atoms with Gasteiger partial charge in [0.05, 0.1) is 18.8 Å². The van der Waals surface area contributed by atoms with E-state index in [2.05, 4.69) is 10.6 Å². The molecule has 2 aromatic rings. The van der Waals surface area contributed by atoms with Gasteiger partial charge >= 0.3 is 0 Å². The molecule has 4 nitrogen and oxygen atoms in total. The van der Waals surface area contributed by atoms with E-state index in [1.165, 1.54) is 0 Å². The third-order valence-corrected chi connectivity index (χ3v) is 3.96. The normalized spacial score (nSPS) is 18.6. The fourth-order valence-electron chi connectivity index (χ4n) is 2.86. The number of para-hydroxylation sites is 2. The lowest BCUT2D eigenvalue weighted by Crippen LogP contribution is -2.24. The third kappa shape index (κ3) is 1.97. The first kappa shape index (κ1) is 12.8. The summed E-state index contributed by atoms with van der Waals surface area (Å²) in [6.07, 6.45) is 3.51. The zero-order valence-corrected chi connectivity index (χ0v) is 11.7. The predicted molar refractivity (Wildman–Crippen MR) is 77.1 cm³/mol. The molecule has 3 rings (SSSR count). The lowest BCUT2D eigenvalue weighted by Gasteiger charge is -2.22. The minimum atomic E-state index is 0.141. The van der Waals surface area contributed by atoms with Crippen molar-refractivity contribution in [2.45, 2.75) is 18.9 Å². The fourth-order valence-corrected chi connectivity index (χ4v) is 2.86. The predicted octanol–water partition coefficient (Wildman–Crippen LogP) is 2.78. The van der Waals surface area contributed by atoms with Crippen LogP contribution in [0.1, 0.15) is 24.6 Å². The number of nitrogens with zero attached hydrogens (tertiary/aromatic N) is 2. The number of amides is 1. The van der Waals surface area contributed by atoms with Gasteiger partial charge in [-0.2, -0.15) is 0 Å². The van der Waals surface area contributed by atoms with Crippen LogP contribution in [0.4, 0.5) is 0 Å². The Morgan fingerprint density at radius 2 is 2.00 bits per heavy atom. The largest absolute Gasteiger partial charge is 0.495 e. The maximum Gasteiger partial charge on any atom is 0.222 e. The molecule has 1 aliphatic rings. The second-order valence-corrected chi connectivity index (χ2v) is 5.03. The smallest absolute Gasteiger partial charge is 0.222 e. The summed E-state index contributed by atoms with van der Waals surface area (Å²) in [4.78, 5) is 13.6. The molecule has 20 heavy (non-hydrogen) atoms. The van der Waals surface area contributed by atoms with Crippen LogP contribution >= 0.6 is 0 Å². The molecule has 1 aromatic carbocycles. The van der Waals surface area contributed by atoms with Crippen molar-refractivity contribution in [2.75, 3.05) is 14.2 Å². The van der Waals surface area contributed by atoms with Crippen LogP contribution < -0.4 is 4.74 Å². The monoisotopic (exact) mass is 270 g/mol. The minimum absolute atomic E-state index is 0.141. The van der Waals surface area contributed by atoms with E-state index in [9.17, 15) is 4.79 Å². The standard InChI is InChI=1S/C16H18N2O2/c1-17-12(9-10-16(17)19)13-7-5-11-18(13)14-6-3-4-8-15(14)20-2/h3-8,11-12H,9-10H2,1-2H3. The molecule has 1 atom stereocenters. The molecule has 0 bridgehead atoms. The van der Waals surface area contributed by atoms with Gasteiger partial charge in [0.25, 0.3) is 0 Å². The Morgan fingerprint density at radius 1 is 1.20 bits per heavy atom. The van der Waals surface area contributed by atoms with Crippen molar-refractivity contribution in [3.8, 4) is 11.4 Å². The second-order valence-electron chi connectivity index (χ2n) is 5.03. The van der Waals surface area contributed by atoms with Crippen LogP contribution in [0.5, 0.6) is 5.75 Å². The average Bonchev–Trinajstić information content (AvgIpc) is 3.07. The van der Waals surface area contributed by atoms with Crippen molar-refractivity contribution in [1.29, 1.82) is 0 Å². The SMILES string of the molecule is COc1ccccc1-n1cccc1C1CCC(=O)N1C. The van der Waals surface area contributed by atoms with Gasteiger partial charge in [0.1, 0.15) is 5.75 Å². The van der Waals surface area contributed by atoms with Crippen LogP contribution in [0.2, 0.25) is 0 Å². The number of rotatable bonds is 3. The molecule has 1 saturated heterocycles. The van der Waals surface area contributed by atoms with Crippen LogP contribution in [0.3, 0.4) is 0 Å². The number of ether oxygens (including phenoxy) is 1. The van der Waals surface area contributed by atoms with Crippen molar-refractivity contribution in [3.05, 3.63) is 48.3 Å². The maximum atomic E-state index is 11.7. The summed E-state index contributed by atoms with van der Waals surface area (Å²) < 4.78 is 7.54. The quantitative estimate of drug-likeness (QED) is 0.859. The molecule has 0 radical (unpaired) electrons. The molecule has 104 valence electrons. The molecule has 0 spiro atoms. The van der Waals surface area contributed by atoms with Gasteiger partial charge in [-0.25, -0.2) is 0 Å². The first-order chi connectivity index (χ1) is 9.72. The van der Waals surface area contributed by atoms with Crippen LogP contribution in [-0.2, 0) is 4.79 Å². The third-order valence-electron chi connectivity index (χ3n) is 3.96. The average molecular weight is 270 g/mol. The molecular formula is C16H18N2O2. The highest BCUT2D eigenvalue weighted by Crippen LogP contribution is 2.34. The summed E-state index contributed by atoms with van der Waals surface area (Å²) in [5, 5.41) is 0. The van der Waals surface area contributed by atoms with E-state index < -0.39 is 0 Å². The lowest BCUT2D eigenvalue weighted by atomic mass is 10.1. The van der Waals surface area contributed by atoms with Crippen LogP contribution in [0, 0.1) is 0 Å². The Bertz CT molecular complexity index is 633. The topological polar surface area (TPSA) is 34.5 Å². The number of methoxy groups -OCH3 is 1. The van der Waals surface area contributed by atoms with Crippen molar-refractivity contribution in [1.82, 2.24) is 9.47 Å². The number of benzene rings is 1. The van der Waals surface area contributed by atoms with Gasteiger partial charge in [0, 0.05) is 25.4 Å². The van der Waals surface area contributed by atoms with Gasteiger partial charge in [0.15, 0.2) is 0 Å². The number of hydrogen-bond donors (Lipinski definition) is 0. The van der Waals surface area contributed by atoms with Crippen LogP contribution in [-0.4, -0.2) is 29.5 Å². The summed E-state index contributed by atoms with van der Waals surface area (Å²) in [5.74, 6) is 1.04. The highest BCUT2D eigenvalue weighted by Gasteiger charge is 2.31. The van der Waals surface area contributed by atoms with Crippen molar-refractivity contribution >= 4 is 5.91 Å². The van der Waals surface area contributed by atoms with Gasteiger partial charge in [0.2, 0.25) is 5.91 Å². The maximum absolute atomic E-state index is 11.7. The Balaban J connectivity index is 2.04. The van der Waals surface area contributed by atoms with Gasteiger partial charge in [-0.3, -0.25) is 4.79 Å². The van der Waals surface area contributed by atoms with E-state index in [0.29, 0.717) is 6.42 Å². The van der Waals surface area contributed by atoms with Crippen molar-refractivity contribution in [2.24, 2.45) is 0 Å². The van der Waals surface area contributed by atoms with E-state index in [0.717, 1.165) is 23.6 Å². The molecule has 2 heterocycles. The molecule has 0 aliphatic carbocycles. The summed E-state index contributed by atoms with van der Waals surface area (Å²) in [6, 6.07) is 12.1. The van der Waals surface area contributed by atoms with Gasteiger partial charge < -0.3 is 14.2 Å². The van der Waals surface area contributed by atoms with Crippen molar-refractivity contribution in [3.63, 3.8) is 0 Å². The number of hydrogen-bond acceptors (Lipinski definition) is 2. The highest BCUT2D eigenvalue weighted by molar-refractivity contribution is 5.78. The van der Waals surface area contributed by atoms with Gasteiger partial charge in [-0.15, -0.1) is 0 Å². The molecular weight excluding hydrogens is 252 g/mol. The molecule has 4 heteroatoms. The first-order valence-electron chi connectivity index (χ1n) is 6.78. The van der Waals surface area contributed by atoms with Crippen LogP contribution in [0.25, 0.3) is 5.69 Å². The molecule has 1 aliphatic heterocycles. The summed E-state index contributed by atoms with van der Waals surface area (Å²) in [7, 11) is 3.55. The Kier molecular flexibility index (Phi) is 3.22. The zero-order chi connectivity index (χ0) is 14.1. The molecule has 0 saturated carbocycles. The molecule has 1 aromatic heterocycles. The second kappa shape index (κ2) is 5.04. The Morgan fingerprint density at radius 3 is 2.70 bits per heavy atom. The van der Waals surface area contributed by atoms with E-state index in [1.54, 1.807) is 7.11 Å².